The molecule has 0 aromatic carbocycles. The second kappa shape index (κ2) is 5.21. The lowest BCUT2D eigenvalue weighted by Gasteiger charge is -2.02. The van der Waals surface area contributed by atoms with Gasteiger partial charge in [0.25, 0.3) is 0 Å². The van der Waals surface area contributed by atoms with E-state index in [1.807, 2.05) is 6.92 Å². The summed E-state index contributed by atoms with van der Waals surface area (Å²) in [5, 5.41) is 0. The van der Waals surface area contributed by atoms with Crippen LogP contribution in [-0.2, 0) is 14.0 Å². The highest BCUT2D eigenvalue weighted by Crippen LogP contribution is 1.93. The molecule has 0 saturated heterocycles. The molecule has 0 saturated carbocycles. The molecule has 0 rings (SSSR count). The zero-order valence-corrected chi connectivity index (χ0v) is 8.11. The predicted octanol–water partition coefficient (Wildman–Crippen LogP) is 0.996. The van der Waals surface area contributed by atoms with E-state index in [4.69, 9.17) is 10.7 Å². The first-order valence-electron chi connectivity index (χ1n) is 3.35. The molecule has 7 heteroatoms. The molecule has 0 aliphatic carbocycles. The van der Waals surface area contributed by atoms with E-state index >= 15 is 0 Å². The first kappa shape index (κ1) is 11.5. The number of unbranched alkanes of at least 4 members (excludes halogenated alkanes) is 1. The number of halogens is 1. The van der Waals surface area contributed by atoms with Crippen LogP contribution in [0.2, 0.25) is 0 Å². The quantitative estimate of drug-likeness (QED) is 0.561. The van der Waals surface area contributed by atoms with E-state index in [0.717, 1.165) is 6.42 Å². The molecule has 0 aromatic heterocycles. The number of amides is 1. The average Bonchev–Trinajstić information content (AvgIpc) is 1.84. The zero-order valence-electron chi connectivity index (χ0n) is 6.54. The number of nitrogens with one attached hydrogen (secondary N) is 1. The van der Waals surface area contributed by atoms with Crippen molar-refractivity contribution < 1.29 is 17.9 Å². The highest BCUT2D eigenvalue weighted by Gasteiger charge is 2.10. The molecular formula is C5H10ClNO4S. The van der Waals surface area contributed by atoms with Crippen molar-refractivity contribution in [2.75, 3.05) is 6.61 Å². The summed E-state index contributed by atoms with van der Waals surface area (Å²) in [6, 6.07) is 0. The number of rotatable bonds is 4. The van der Waals surface area contributed by atoms with E-state index in [0.29, 0.717) is 6.42 Å². The van der Waals surface area contributed by atoms with Gasteiger partial charge in [-0.2, -0.15) is 8.42 Å². The van der Waals surface area contributed by atoms with Crippen LogP contribution >= 0.6 is 10.7 Å². The van der Waals surface area contributed by atoms with Crippen molar-refractivity contribution in [2.24, 2.45) is 0 Å². The molecule has 0 aliphatic rings. The van der Waals surface area contributed by atoms with Gasteiger partial charge in [-0.1, -0.05) is 13.3 Å². The molecule has 0 atom stereocenters. The van der Waals surface area contributed by atoms with Gasteiger partial charge in [0.1, 0.15) is 0 Å². The van der Waals surface area contributed by atoms with E-state index < -0.39 is 15.3 Å². The SMILES string of the molecule is CCCCOC(=O)NS(=O)(=O)Cl. The monoisotopic (exact) mass is 215 g/mol. The lowest BCUT2D eigenvalue weighted by atomic mass is 10.4. The van der Waals surface area contributed by atoms with Gasteiger partial charge in [0.05, 0.1) is 6.61 Å². The van der Waals surface area contributed by atoms with Crippen molar-refractivity contribution in [3.63, 3.8) is 0 Å². The van der Waals surface area contributed by atoms with Crippen molar-refractivity contribution in [3.8, 4) is 0 Å². The summed E-state index contributed by atoms with van der Waals surface area (Å²) >= 11 is 0. The highest BCUT2D eigenvalue weighted by atomic mass is 35.7. The fourth-order valence-corrected chi connectivity index (χ4v) is 0.885. The summed E-state index contributed by atoms with van der Waals surface area (Å²) in [6.45, 7) is 2.11. The number of hydrogen-bond donors (Lipinski definition) is 1. The van der Waals surface area contributed by atoms with Crippen molar-refractivity contribution >= 4 is 26.0 Å². The zero-order chi connectivity index (χ0) is 9.61. The third kappa shape index (κ3) is 7.62. The van der Waals surface area contributed by atoms with Crippen molar-refractivity contribution in [1.29, 1.82) is 0 Å². The maximum atomic E-state index is 10.5. The van der Waals surface area contributed by atoms with E-state index in [9.17, 15) is 13.2 Å². The van der Waals surface area contributed by atoms with Gasteiger partial charge in [0.15, 0.2) is 0 Å². The van der Waals surface area contributed by atoms with Gasteiger partial charge >= 0.3 is 15.3 Å². The third-order valence-electron chi connectivity index (χ3n) is 0.936. The minimum atomic E-state index is -4.01. The Balaban J connectivity index is 3.62. The van der Waals surface area contributed by atoms with Crippen molar-refractivity contribution in [3.05, 3.63) is 0 Å². The molecule has 0 aromatic rings. The number of carbonyl (C=O) groups excluding carboxylic acids is 1. The third-order valence-corrected chi connectivity index (χ3v) is 1.58. The van der Waals surface area contributed by atoms with Crippen LogP contribution in [0.25, 0.3) is 0 Å². The molecule has 12 heavy (non-hydrogen) atoms. The van der Waals surface area contributed by atoms with Crippen LogP contribution in [0.15, 0.2) is 0 Å². The Bertz CT molecular complexity index is 238. The van der Waals surface area contributed by atoms with Gasteiger partial charge in [-0.15, -0.1) is 0 Å². The molecule has 0 fully saturated rings. The first-order valence-corrected chi connectivity index (χ1v) is 5.66. The molecule has 0 heterocycles. The lowest BCUT2D eigenvalue weighted by molar-refractivity contribution is 0.151. The Morgan fingerprint density at radius 3 is 2.58 bits per heavy atom. The fourth-order valence-electron chi connectivity index (χ4n) is 0.438. The molecule has 5 nitrogen and oxygen atoms in total. The van der Waals surface area contributed by atoms with Crippen LogP contribution < -0.4 is 4.72 Å². The van der Waals surface area contributed by atoms with Crippen LogP contribution in [0.3, 0.4) is 0 Å². The molecule has 0 spiro atoms. The summed E-state index contributed by atoms with van der Waals surface area (Å²) < 4.78 is 26.4. The molecule has 1 N–H and O–H groups in total. The topological polar surface area (TPSA) is 72.5 Å². The highest BCUT2D eigenvalue weighted by molar-refractivity contribution is 8.12. The summed E-state index contributed by atoms with van der Waals surface area (Å²) in [7, 11) is 0.688. The molecular weight excluding hydrogens is 206 g/mol. The molecule has 1 amide bonds. The maximum absolute atomic E-state index is 10.5. The number of ether oxygens (including phenoxy) is 1. The maximum Gasteiger partial charge on any atom is 0.421 e. The second-order valence-electron chi connectivity index (χ2n) is 2.03. The smallest absolute Gasteiger partial charge is 0.421 e. The van der Waals surface area contributed by atoms with Gasteiger partial charge in [-0.25, -0.2) is 9.52 Å². The molecule has 72 valence electrons. The second-order valence-corrected chi connectivity index (χ2v) is 4.33. The van der Waals surface area contributed by atoms with Crippen LogP contribution in [0.1, 0.15) is 19.8 Å². The molecule has 0 unspecified atom stereocenters. The Labute approximate surface area is 75.6 Å². The lowest BCUT2D eigenvalue weighted by Crippen LogP contribution is -2.27. The van der Waals surface area contributed by atoms with Gasteiger partial charge in [-0.3, -0.25) is 0 Å². The summed E-state index contributed by atoms with van der Waals surface area (Å²) in [5.74, 6) is 0. The van der Waals surface area contributed by atoms with Gasteiger partial charge in [0.2, 0.25) is 0 Å². The van der Waals surface area contributed by atoms with E-state index in [1.54, 1.807) is 0 Å². The van der Waals surface area contributed by atoms with E-state index in [2.05, 4.69) is 4.74 Å². The Hall–Kier alpha value is -0.490. The van der Waals surface area contributed by atoms with Crippen molar-refractivity contribution in [2.45, 2.75) is 19.8 Å². The summed E-state index contributed by atoms with van der Waals surface area (Å²) in [6.07, 6.45) is 0.509. The Morgan fingerprint density at radius 2 is 2.17 bits per heavy atom. The average molecular weight is 216 g/mol. The van der Waals surface area contributed by atoms with Gasteiger partial charge in [-0.05, 0) is 6.42 Å². The van der Waals surface area contributed by atoms with E-state index in [-0.39, 0.29) is 6.61 Å². The summed E-state index contributed by atoms with van der Waals surface area (Å²) in [4.78, 5) is 10.5. The standard InChI is InChI=1S/C5H10ClNO4S/c1-2-3-4-11-5(8)7-12(6,9)10/h2-4H2,1H3,(H,7,8). The first-order chi connectivity index (χ1) is 5.45. The van der Waals surface area contributed by atoms with Gasteiger partial charge in [0, 0.05) is 10.7 Å². The molecule has 0 bridgehead atoms. The minimum Gasteiger partial charge on any atom is -0.449 e. The van der Waals surface area contributed by atoms with Crippen LogP contribution in [0.5, 0.6) is 0 Å². The molecule has 0 radical (unpaired) electrons. The largest absolute Gasteiger partial charge is 0.449 e. The Kier molecular flexibility index (Phi) is 5.00. The summed E-state index contributed by atoms with van der Waals surface area (Å²) in [5.41, 5.74) is 0. The van der Waals surface area contributed by atoms with Crippen molar-refractivity contribution in [1.82, 2.24) is 4.72 Å². The minimum absolute atomic E-state index is 0.189. The van der Waals surface area contributed by atoms with Crippen LogP contribution in [0.4, 0.5) is 4.79 Å². The van der Waals surface area contributed by atoms with E-state index in [1.165, 1.54) is 4.72 Å². The number of hydrogen-bond acceptors (Lipinski definition) is 4. The van der Waals surface area contributed by atoms with Gasteiger partial charge < -0.3 is 4.74 Å². The fraction of sp³-hybridized carbons (Fsp3) is 0.800. The number of carbonyl (C=O) groups is 1. The normalized spacial score (nSPS) is 10.8. The van der Waals surface area contributed by atoms with Crippen LogP contribution in [0, 0.1) is 0 Å². The predicted molar refractivity (Wildman–Crippen MR) is 44.2 cm³/mol. The molecule has 0 aliphatic heterocycles. The van der Waals surface area contributed by atoms with Crippen LogP contribution in [-0.4, -0.2) is 21.1 Å². The Morgan fingerprint density at radius 1 is 1.58 bits per heavy atom.